The number of ketones is 1. The normalized spacial score (nSPS) is 16.4. The van der Waals surface area contributed by atoms with E-state index in [-0.39, 0.29) is 24.0 Å². The number of nitrogens with one attached hydrogen (secondary N) is 1. The average molecular weight is 227 g/mol. The molecular formula is C11H17NO4. The highest BCUT2D eigenvalue weighted by atomic mass is 16.5. The second-order valence-corrected chi connectivity index (χ2v) is 4.10. The SMILES string of the molecule is COC(=O)[C@@H](CCC(C)=O)NC(=O)C1CC1. The maximum absolute atomic E-state index is 11.5. The lowest BCUT2D eigenvalue weighted by atomic mass is 10.1. The van der Waals surface area contributed by atoms with Gasteiger partial charge in [-0.25, -0.2) is 4.79 Å². The molecule has 0 aliphatic heterocycles. The zero-order valence-corrected chi connectivity index (χ0v) is 9.62. The maximum Gasteiger partial charge on any atom is 0.328 e. The Balaban J connectivity index is 2.45. The van der Waals surface area contributed by atoms with Crippen molar-refractivity contribution in [2.75, 3.05) is 7.11 Å². The van der Waals surface area contributed by atoms with Gasteiger partial charge in [-0.05, 0) is 26.2 Å². The Morgan fingerprint density at radius 1 is 1.38 bits per heavy atom. The number of hydrogen-bond donors (Lipinski definition) is 1. The van der Waals surface area contributed by atoms with Gasteiger partial charge in [0, 0.05) is 12.3 Å². The van der Waals surface area contributed by atoms with Gasteiger partial charge in [-0.2, -0.15) is 0 Å². The summed E-state index contributed by atoms with van der Waals surface area (Å²) < 4.78 is 4.58. The number of esters is 1. The highest BCUT2D eigenvalue weighted by Gasteiger charge is 2.32. The van der Waals surface area contributed by atoms with Crippen molar-refractivity contribution in [2.45, 2.75) is 38.6 Å². The third-order valence-electron chi connectivity index (χ3n) is 2.54. The summed E-state index contributed by atoms with van der Waals surface area (Å²) in [5.41, 5.74) is 0. The minimum atomic E-state index is -0.693. The molecule has 1 fully saturated rings. The Hall–Kier alpha value is -1.39. The van der Waals surface area contributed by atoms with Gasteiger partial charge in [-0.1, -0.05) is 0 Å². The molecule has 5 heteroatoms. The summed E-state index contributed by atoms with van der Waals surface area (Å²) in [5, 5.41) is 2.62. The van der Waals surface area contributed by atoms with Crippen molar-refractivity contribution in [3.8, 4) is 0 Å². The van der Waals surface area contributed by atoms with Gasteiger partial charge in [-0.3, -0.25) is 4.79 Å². The molecule has 1 rings (SSSR count). The fraction of sp³-hybridized carbons (Fsp3) is 0.727. The predicted octanol–water partition coefficient (Wildman–Crippen LogP) is 0.423. The molecule has 1 aliphatic carbocycles. The van der Waals surface area contributed by atoms with Crippen molar-refractivity contribution in [1.29, 1.82) is 0 Å². The van der Waals surface area contributed by atoms with Gasteiger partial charge in [0.1, 0.15) is 11.8 Å². The summed E-state index contributed by atoms with van der Waals surface area (Å²) in [6.07, 6.45) is 2.34. The van der Waals surface area contributed by atoms with Gasteiger partial charge in [0.15, 0.2) is 0 Å². The molecule has 0 aromatic rings. The van der Waals surface area contributed by atoms with Crippen molar-refractivity contribution in [2.24, 2.45) is 5.92 Å². The zero-order chi connectivity index (χ0) is 12.1. The number of amides is 1. The molecule has 1 saturated carbocycles. The van der Waals surface area contributed by atoms with Gasteiger partial charge in [0.2, 0.25) is 5.91 Å². The van der Waals surface area contributed by atoms with E-state index in [0.29, 0.717) is 6.42 Å². The number of Topliss-reactive ketones (excluding diaryl/α,β-unsaturated/α-hetero) is 1. The number of hydrogen-bond acceptors (Lipinski definition) is 4. The molecule has 0 aromatic carbocycles. The van der Waals surface area contributed by atoms with Gasteiger partial charge < -0.3 is 14.8 Å². The Bertz CT molecular complexity index is 296. The Morgan fingerprint density at radius 3 is 2.44 bits per heavy atom. The van der Waals surface area contributed by atoms with Crippen LogP contribution in [0.2, 0.25) is 0 Å². The molecule has 16 heavy (non-hydrogen) atoms. The highest BCUT2D eigenvalue weighted by molar-refractivity contribution is 5.87. The van der Waals surface area contributed by atoms with Crippen LogP contribution < -0.4 is 5.32 Å². The first-order chi connectivity index (χ1) is 7.54. The van der Waals surface area contributed by atoms with Crippen LogP contribution in [0, 0.1) is 5.92 Å². The van der Waals surface area contributed by atoms with Crippen molar-refractivity contribution < 1.29 is 19.1 Å². The average Bonchev–Trinajstić information content (AvgIpc) is 3.06. The van der Waals surface area contributed by atoms with Crippen molar-refractivity contribution in [3.05, 3.63) is 0 Å². The van der Waals surface area contributed by atoms with Gasteiger partial charge in [0.25, 0.3) is 0 Å². The van der Waals surface area contributed by atoms with E-state index >= 15 is 0 Å². The molecule has 0 radical (unpaired) electrons. The fourth-order valence-electron chi connectivity index (χ4n) is 1.37. The monoisotopic (exact) mass is 227 g/mol. The second kappa shape index (κ2) is 5.63. The van der Waals surface area contributed by atoms with Crippen LogP contribution in [0.4, 0.5) is 0 Å². The number of methoxy groups -OCH3 is 1. The minimum absolute atomic E-state index is 0.00502. The molecular weight excluding hydrogens is 210 g/mol. The van der Waals surface area contributed by atoms with Crippen LogP contribution >= 0.6 is 0 Å². The smallest absolute Gasteiger partial charge is 0.328 e. The second-order valence-electron chi connectivity index (χ2n) is 4.10. The van der Waals surface area contributed by atoms with Gasteiger partial charge in [0.05, 0.1) is 7.11 Å². The van der Waals surface area contributed by atoms with E-state index in [1.807, 2.05) is 0 Å². The van der Waals surface area contributed by atoms with Gasteiger partial charge in [-0.15, -0.1) is 0 Å². The molecule has 0 unspecified atom stereocenters. The van der Waals surface area contributed by atoms with Crippen LogP contribution in [0.3, 0.4) is 0 Å². The predicted molar refractivity (Wildman–Crippen MR) is 56.6 cm³/mol. The number of ether oxygens (including phenoxy) is 1. The molecule has 0 saturated heterocycles. The number of rotatable bonds is 6. The van der Waals surface area contributed by atoms with Crippen LogP contribution in [0.15, 0.2) is 0 Å². The van der Waals surface area contributed by atoms with E-state index < -0.39 is 12.0 Å². The first-order valence-corrected chi connectivity index (χ1v) is 5.42. The lowest BCUT2D eigenvalue weighted by Crippen LogP contribution is -2.42. The molecule has 0 heterocycles. The lowest BCUT2D eigenvalue weighted by molar-refractivity contribution is -0.145. The van der Waals surface area contributed by atoms with E-state index in [1.165, 1.54) is 14.0 Å². The van der Waals surface area contributed by atoms with E-state index in [1.54, 1.807) is 0 Å². The lowest BCUT2D eigenvalue weighted by Gasteiger charge is -2.15. The summed E-state index contributed by atoms with van der Waals surface area (Å²) in [5.74, 6) is -0.562. The molecule has 1 atom stereocenters. The molecule has 90 valence electrons. The fourth-order valence-corrected chi connectivity index (χ4v) is 1.37. The summed E-state index contributed by atoms with van der Waals surface area (Å²) in [4.78, 5) is 33.7. The summed E-state index contributed by atoms with van der Waals surface area (Å²) in [7, 11) is 1.27. The summed E-state index contributed by atoms with van der Waals surface area (Å²) in [6.45, 7) is 1.46. The molecule has 0 spiro atoms. The topological polar surface area (TPSA) is 72.5 Å². The number of carbonyl (C=O) groups is 3. The standard InChI is InChI=1S/C11H17NO4/c1-7(13)3-6-9(11(15)16-2)12-10(14)8-4-5-8/h8-9H,3-6H2,1-2H3,(H,12,14)/t9-/m1/s1. The van der Waals surface area contributed by atoms with Crippen LogP contribution in [-0.4, -0.2) is 30.8 Å². The number of carbonyl (C=O) groups excluding carboxylic acids is 3. The molecule has 0 aromatic heterocycles. The highest BCUT2D eigenvalue weighted by Crippen LogP contribution is 2.29. The Morgan fingerprint density at radius 2 is 2.00 bits per heavy atom. The van der Waals surface area contributed by atoms with E-state index in [4.69, 9.17) is 0 Å². The summed E-state index contributed by atoms with van der Waals surface area (Å²) >= 11 is 0. The van der Waals surface area contributed by atoms with Crippen molar-refractivity contribution in [1.82, 2.24) is 5.32 Å². The van der Waals surface area contributed by atoms with E-state index in [0.717, 1.165) is 12.8 Å². The van der Waals surface area contributed by atoms with Gasteiger partial charge >= 0.3 is 5.97 Å². The molecule has 0 bridgehead atoms. The van der Waals surface area contributed by atoms with Crippen molar-refractivity contribution in [3.63, 3.8) is 0 Å². The Labute approximate surface area is 94.5 Å². The molecule has 5 nitrogen and oxygen atoms in total. The Kier molecular flexibility index (Phi) is 4.46. The quantitative estimate of drug-likeness (QED) is 0.668. The van der Waals surface area contributed by atoms with Crippen LogP contribution in [0.25, 0.3) is 0 Å². The van der Waals surface area contributed by atoms with E-state index in [9.17, 15) is 14.4 Å². The third-order valence-corrected chi connectivity index (χ3v) is 2.54. The summed E-state index contributed by atoms with van der Waals surface area (Å²) in [6, 6.07) is -0.693. The van der Waals surface area contributed by atoms with Crippen LogP contribution in [0.5, 0.6) is 0 Å². The minimum Gasteiger partial charge on any atom is -0.467 e. The molecule has 1 aliphatic rings. The first kappa shape index (κ1) is 12.7. The van der Waals surface area contributed by atoms with Crippen LogP contribution in [0.1, 0.15) is 32.6 Å². The molecule has 1 amide bonds. The van der Waals surface area contributed by atoms with E-state index in [2.05, 4.69) is 10.1 Å². The van der Waals surface area contributed by atoms with Crippen molar-refractivity contribution >= 4 is 17.7 Å². The third kappa shape index (κ3) is 4.00. The maximum atomic E-state index is 11.5. The van der Waals surface area contributed by atoms with Crippen LogP contribution in [-0.2, 0) is 19.1 Å². The first-order valence-electron chi connectivity index (χ1n) is 5.42. The molecule has 1 N–H and O–H groups in total. The zero-order valence-electron chi connectivity index (χ0n) is 9.62. The largest absolute Gasteiger partial charge is 0.467 e.